The SMILES string of the molecule is CCC(Sc1nnc(-c2ccncc2)n1-c1ccc(C)cc1)C(=O)Nc1cc(C)on1. The summed E-state index contributed by atoms with van der Waals surface area (Å²) in [5, 5.41) is 15.7. The molecule has 0 aliphatic rings. The predicted octanol–water partition coefficient (Wildman–Crippen LogP) is 4.44. The van der Waals surface area contributed by atoms with Gasteiger partial charge in [-0.15, -0.1) is 10.2 Å². The number of nitrogens with zero attached hydrogens (tertiary/aromatic N) is 5. The normalized spacial score (nSPS) is 12.0. The molecule has 1 aromatic carbocycles. The molecule has 4 rings (SSSR count). The molecule has 31 heavy (non-hydrogen) atoms. The minimum absolute atomic E-state index is 0.162. The summed E-state index contributed by atoms with van der Waals surface area (Å²) in [6.45, 7) is 5.78. The summed E-state index contributed by atoms with van der Waals surface area (Å²) in [4.78, 5) is 16.9. The van der Waals surface area contributed by atoms with Crippen LogP contribution in [-0.2, 0) is 4.79 Å². The first-order valence-electron chi connectivity index (χ1n) is 9.89. The number of rotatable bonds is 7. The zero-order valence-electron chi connectivity index (χ0n) is 17.4. The van der Waals surface area contributed by atoms with E-state index in [1.807, 2.05) is 54.8 Å². The van der Waals surface area contributed by atoms with Gasteiger partial charge in [-0.1, -0.05) is 41.5 Å². The van der Waals surface area contributed by atoms with Gasteiger partial charge in [-0.2, -0.15) is 0 Å². The Balaban J connectivity index is 1.67. The Morgan fingerprint density at radius 2 is 1.87 bits per heavy atom. The Hall–Kier alpha value is -3.46. The molecular formula is C22H22N6O2S. The molecular weight excluding hydrogens is 412 g/mol. The Labute approximate surface area is 184 Å². The summed E-state index contributed by atoms with van der Waals surface area (Å²) in [6.07, 6.45) is 4.05. The van der Waals surface area contributed by atoms with Crippen molar-refractivity contribution in [1.29, 1.82) is 0 Å². The van der Waals surface area contributed by atoms with Crippen molar-refractivity contribution in [2.24, 2.45) is 0 Å². The maximum absolute atomic E-state index is 12.8. The number of nitrogens with one attached hydrogen (secondary N) is 1. The van der Waals surface area contributed by atoms with Crippen LogP contribution < -0.4 is 5.32 Å². The van der Waals surface area contributed by atoms with E-state index in [-0.39, 0.29) is 11.2 Å². The van der Waals surface area contributed by atoms with Gasteiger partial charge in [0.1, 0.15) is 5.76 Å². The molecule has 9 heteroatoms. The molecule has 0 spiro atoms. The number of hydrogen-bond acceptors (Lipinski definition) is 7. The largest absolute Gasteiger partial charge is 0.360 e. The van der Waals surface area contributed by atoms with Crippen molar-refractivity contribution in [3.63, 3.8) is 0 Å². The molecule has 0 radical (unpaired) electrons. The summed E-state index contributed by atoms with van der Waals surface area (Å²) in [5.41, 5.74) is 2.98. The lowest BCUT2D eigenvalue weighted by molar-refractivity contribution is -0.115. The Bertz CT molecular complexity index is 1170. The smallest absolute Gasteiger partial charge is 0.239 e. The summed E-state index contributed by atoms with van der Waals surface area (Å²) >= 11 is 1.37. The van der Waals surface area contributed by atoms with Crippen molar-refractivity contribution in [1.82, 2.24) is 24.9 Å². The van der Waals surface area contributed by atoms with Crippen molar-refractivity contribution in [3.05, 3.63) is 66.2 Å². The zero-order chi connectivity index (χ0) is 21.8. The van der Waals surface area contributed by atoms with Gasteiger partial charge in [-0.25, -0.2) is 0 Å². The van der Waals surface area contributed by atoms with Crippen molar-refractivity contribution in [2.45, 2.75) is 37.6 Å². The third kappa shape index (κ3) is 4.66. The van der Waals surface area contributed by atoms with Crippen LogP contribution in [0, 0.1) is 13.8 Å². The van der Waals surface area contributed by atoms with E-state index >= 15 is 0 Å². The summed E-state index contributed by atoms with van der Waals surface area (Å²) in [6, 6.07) is 13.6. The van der Waals surface area contributed by atoms with E-state index < -0.39 is 0 Å². The molecule has 158 valence electrons. The van der Waals surface area contributed by atoms with Crippen LogP contribution in [0.25, 0.3) is 17.1 Å². The number of thioether (sulfide) groups is 1. The molecule has 3 heterocycles. The van der Waals surface area contributed by atoms with E-state index in [4.69, 9.17) is 4.52 Å². The minimum Gasteiger partial charge on any atom is -0.360 e. The summed E-state index contributed by atoms with van der Waals surface area (Å²) in [5.74, 6) is 1.57. The van der Waals surface area contributed by atoms with Crippen molar-refractivity contribution >= 4 is 23.5 Å². The number of benzene rings is 1. The lowest BCUT2D eigenvalue weighted by atomic mass is 10.2. The minimum atomic E-state index is -0.379. The first-order valence-corrected chi connectivity index (χ1v) is 10.8. The molecule has 0 aliphatic heterocycles. The first-order chi connectivity index (χ1) is 15.0. The summed E-state index contributed by atoms with van der Waals surface area (Å²) < 4.78 is 7.00. The van der Waals surface area contributed by atoms with Crippen LogP contribution in [-0.4, -0.2) is 36.1 Å². The van der Waals surface area contributed by atoms with Gasteiger partial charge in [0, 0.05) is 29.7 Å². The van der Waals surface area contributed by atoms with Gasteiger partial charge in [0.15, 0.2) is 16.8 Å². The van der Waals surface area contributed by atoms with E-state index in [9.17, 15) is 4.79 Å². The molecule has 1 N–H and O–H groups in total. The number of hydrogen-bond donors (Lipinski definition) is 1. The highest BCUT2D eigenvalue weighted by Gasteiger charge is 2.24. The first kappa shape index (κ1) is 20.8. The van der Waals surface area contributed by atoms with Crippen molar-refractivity contribution in [3.8, 4) is 17.1 Å². The van der Waals surface area contributed by atoms with Gasteiger partial charge < -0.3 is 9.84 Å². The van der Waals surface area contributed by atoms with Crippen molar-refractivity contribution in [2.75, 3.05) is 5.32 Å². The molecule has 0 saturated carbocycles. The highest BCUT2D eigenvalue weighted by atomic mass is 32.2. The molecule has 1 atom stereocenters. The van der Waals surface area contributed by atoms with Crippen LogP contribution in [0.4, 0.5) is 5.82 Å². The lowest BCUT2D eigenvalue weighted by Crippen LogP contribution is -2.25. The third-order valence-corrected chi connectivity index (χ3v) is 5.96. The fraction of sp³-hybridized carbons (Fsp3) is 0.227. The summed E-state index contributed by atoms with van der Waals surface area (Å²) in [7, 11) is 0. The number of pyridine rings is 1. The van der Waals surface area contributed by atoms with E-state index in [0.29, 0.717) is 29.0 Å². The second-order valence-corrected chi connectivity index (χ2v) is 8.21. The molecule has 0 fully saturated rings. The molecule has 0 aliphatic carbocycles. The highest BCUT2D eigenvalue weighted by Crippen LogP contribution is 2.31. The van der Waals surface area contributed by atoms with E-state index in [1.54, 1.807) is 25.4 Å². The van der Waals surface area contributed by atoms with Gasteiger partial charge >= 0.3 is 0 Å². The predicted molar refractivity (Wildman–Crippen MR) is 119 cm³/mol. The fourth-order valence-electron chi connectivity index (χ4n) is 3.04. The van der Waals surface area contributed by atoms with Gasteiger partial charge in [0.05, 0.1) is 5.25 Å². The van der Waals surface area contributed by atoms with Gasteiger partial charge in [0.2, 0.25) is 5.91 Å². The fourth-order valence-corrected chi connectivity index (χ4v) is 4.01. The van der Waals surface area contributed by atoms with E-state index in [0.717, 1.165) is 16.8 Å². The maximum atomic E-state index is 12.8. The number of aromatic nitrogens is 5. The second-order valence-electron chi connectivity index (χ2n) is 7.04. The molecule has 0 bridgehead atoms. The standard InChI is InChI=1S/C22H22N6O2S/c1-4-18(21(29)24-19-13-15(3)30-27-19)31-22-26-25-20(16-9-11-23-12-10-16)28(22)17-7-5-14(2)6-8-17/h5-13,18H,4H2,1-3H3,(H,24,27,29). The average Bonchev–Trinajstić information content (AvgIpc) is 3.39. The van der Waals surface area contributed by atoms with Crippen LogP contribution in [0.2, 0.25) is 0 Å². The quantitative estimate of drug-likeness (QED) is 0.429. The topological polar surface area (TPSA) is 98.7 Å². The van der Waals surface area contributed by atoms with E-state index in [2.05, 4.69) is 25.7 Å². The number of carbonyl (C=O) groups excluding carboxylic acids is 1. The number of carbonyl (C=O) groups is 1. The van der Waals surface area contributed by atoms with Crippen LogP contribution in [0.5, 0.6) is 0 Å². The van der Waals surface area contributed by atoms with E-state index in [1.165, 1.54) is 11.8 Å². The number of amides is 1. The molecule has 0 saturated heterocycles. The third-order valence-electron chi connectivity index (χ3n) is 4.65. The zero-order valence-corrected chi connectivity index (χ0v) is 18.3. The number of aryl methyl sites for hydroxylation is 2. The highest BCUT2D eigenvalue weighted by molar-refractivity contribution is 8.00. The Kier molecular flexibility index (Phi) is 6.13. The second kappa shape index (κ2) is 9.13. The molecule has 1 unspecified atom stereocenters. The molecule has 3 aromatic heterocycles. The average molecular weight is 435 g/mol. The van der Waals surface area contributed by atoms with Crippen LogP contribution in [0.3, 0.4) is 0 Å². The number of anilines is 1. The Morgan fingerprint density at radius 3 is 2.52 bits per heavy atom. The molecule has 4 aromatic rings. The van der Waals surface area contributed by atoms with Crippen LogP contribution in [0.15, 0.2) is 64.5 Å². The Morgan fingerprint density at radius 1 is 1.13 bits per heavy atom. The molecule has 1 amide bonds. The van der Waals surface area contributed by atoms with Crippen molar-refractivity contribution < 1.29 is 9.32 Å². The van der Waals surface area contributed by atoms with Crippen LogP contribution in [0.1, 0.15) is 24.7 Å². The van der Waals surface area contributed by atoms with Gasteiger partial charge in [-0.05, 0) is 44.5 Å². The monoisotopic (exact) mass is 434 g/mol. The lowest BCUT2D eigenvalue weighted by Gasteiger charge is -2.15. The van der Waals surface area contributed by atoms with Crippen LogP contribution >= 0.6 is 11.8 Å². The maximum Gasteiger partial charge on any atom is 0.239 e. The van der Waals surface area contributed by atoms with Gasteiger partial charge in [0.25, 0.3) is 0 Å². The molecule has 8 nitrogen and oxygen atoms in total. The van der Waals surface area contributed by atoms with Gasteiger partial charge in [-0.3, -0.25) is 14.3 Å².